The van der Waals surface area contributed by atoms with Gasteiger partial charge in [0.1, 0.15) is 18.2 Å². The van der Waals surface area contributed by atoms with Gasteiger partial charge in [0.25, 0.3) is 0 Å². The predicted molar refractivity (Wildman–Crippen MR) is 116 cm³/mol. The molecule has 0 aliphatic heterocycles. The molecule has 0 radical (unpaired) electrons. The molecule has 1 aromatic heterocycles. The second kappa shape index (κ2) is 9.12. The number of hydrogen-bond donors (Lipinski definition) is 1. The van der Waals surface area contributed by atoms with Crippen LogP contribution in [0.3, 0.4) is 0 Å². The number of nitrogens with zero attached hydrogens (tertiary/aromatic N) is 2. The van der Waals surface area contributed by atoms with Crippen molar-refractivity contribution >= 4 is 22.7 Å². The number of hydrogen-bond acceptors (Lipinski definition) is 5. The summed E-state index contributed by atoms with van der Waals surface area (Å²) in [6, 6.07) is 23.9. The van der Waals surface area contributed by atoms with E-state index in [-0.39, 0.29) is 5.82 Å². The minimum Gasteiger partial charge on any atom is -0.489 e. The van der Waals surface area contributed by atoms with Crippen LogP contribution < -0.4 is 10.2 Å². The summed E-state index contributed by atoms with van der Waals surface area (Å²) < 4.78 is 19.0. The number of anilines is 1. The van der Waals surface area contributed by atoms with Crippen LogP contribution in [0, 0.1) is 5.82 Å². The summed E-state index contributed by atoms with van der Waals surface area (Å²) in [5, 5.41) is 7.02. The van der Waals surface area contributed by atoms with Gasteiger partial charge in [0.15, 0.2) is 0 Å². The van der Waals surface area contributed by atoms with Crippen LogP contribution in [-0.4, -0.2) is 11.2 Å². The summed E-state index contributed by atoms with van der Waals surface area (Å²) >= 11 is 1.50. The molecule has 1 N–H and O–H groups in total. The molecule has 29 heavy (non-hydrogen) atoms. The van der Waals surface area contributed by atoms with E-state index in [9.17, 15) is 4.39 Å². The normalized spacial score (nSPS) is 10.9. The Kier molecular flexibility index (Phi) is 5.92. The van der Waals surface area contributed by atoms with Crippen molar-refractivity contribution in [2.45, 2.75) is 6.61 Å². The first kappa shape index (κ1) is 18.8. The first-order valence-electron chi connectivity index (χ1n) is 9.04. The lowest BCUT2D eigenvalue weighted by Crippen LogP contribution is -2.00. The van der Waals surface area contributed by atoms with E-state index in [2.05, 4.69) is 15.5 Å². The van der Waals surface area contributed by atoms with Crippen LogP contribution in [0.2, 0.25) is 0 Å². The lowest BCUT2D eigenvalue weighted by atomic mass is 10.1. The molecule has 0 aliphatic rings. The number of thiazole rings is 1. The molecule has 1 heterocycles. The number of aromatic nitrogens is 1. The molecule has 6 heteroatoms. The molecule has 4 rings (SSSR count). The molecular weight excluding hydrogens is 385 g/mol. The van der Waals surface area contributed by atoms with Gasteiger partial charge in [-0.2, -0.15) is 5.10 Å². The van der Waals surface area contributed by atoms with Crippen LogP contribution >= 0.6 is 11.3 Å². The fourth-order valence-corrected chi connectivity index (χ4v) is 3.40. The van der Waals surface area contributed by atoms with Crippen molar-refractivity contribution in [1.82, 2.24) is 4.98 Å². The largest absolute Gasteiger partial charge is 0.489 e. The molecule has 144 valence electrons. The summed E-state index contributed by atoms with van der Waals surface area (Å²) in [6.07, 6.45) is 1.73. The molecule has 0 saturated carbocycles. The standard InChI is InChI=1S/C23H18FN3OS/c24-20-11-6-12-21(13-20)28-15-19-10-5-4-9-18(19)14-25-27-23-26-22(16-29-23)17-7-2-1-3-8-17/h1-14,16H,15H2,(H,26,27). The highest BCUT2D eigenvalue weighted by Gasteiger charge is 2.04. The van der Waals surface area contributed by atoms with Crippen molar-refractivity contribution in [1.29, 1.82) is 0 Å². The van der Waals surface area contributed by atoms with E-state index < -0.39 is 0 Å². The van der Waals surface area contributed by atoms with Gasteiger partial charge in [-0.1, -0.05) is 60.7 Å². The van der Waals surface area contributed by atoms with Gasteiger partial charge in [0, 0.05) is 22.6 Å². The fraction of sp³-hybridized carbons (Fsp3) is 0.0435. The topological polar surface area (TPSA) is 46.5 Å². The van der Waals surface area contributed by atoms with E-state index in [4.69, 9.17) is 4.74 Å². The van der Waals surface area contributed by atoms with Gasteiger partial charge in [-0.15, -0.1) is 11.3 Å². The molecule has 0 amide bonds. The third kappa shape index (κ3) is 5.06. The summed E-state index contributed by atoms with van der Waals surface area (Å²) in [5.41, 5.74) is 6.83. The fourth-order valence-electron chi connectivity index (χ4n) is 2.73. The second-order valence-corrected chi connectivity index (χ2v) is 7.08. The number of nitrogens with one attached hydrogen (secondary N) is 1. The second-order valence-electron chi connectivity index (χ2n) is 6.22. The SMILES string of the molecule is Fc1cccc(OCc2ccccc2C=NNc2nc(-c3ccccc3)cs2)c1. The van der Waals surface area contributed by atoms with Gasteiger partial charge < -0.3 is 4.74 Å². The van der Waals surface area contributed by atoms with E-state index in [1.807, 2.05) is 60.0 Å². The Bertz CT molecular complexity index is 1110. The van der Waals surface area contributed by atoms with Gasteiger partial charge in [-0.05, 0) is 17.7 Å². The molecule has 0 unspecified atom stereocenters. The van der Waals surface area contributed by atoms with Crippen molar-refractivity contribution in [2.24, 2.45) is 5.10 Å². The van der Waals surface area contributed by atoms with Crippen LogP contribution in [0.15, 0.2) is 89.3 Å². The first-order valence-corrected chi connectivity index (χ1v) is 9.92. The Morgan fingerprint density at radius 2 is 1.83 bits per heavy atom. The lowest BCUT2D eigenvalue weighted by molar-refractivity contribution is 0.304. The van der Waals surface area contributed by atoms with Gasteiger partial charge in [0.05, 0.1) is 11.9 Å². The minimum absolute atomic E-state index is 0.320. The highest BCUT2D eigenvalue weighted by Crippen LogP contribution is 2.24. The average Bonchev–Trinajstić information content (AvgIpc) is 3.23. The Hall–Kier alpha value is -3.51. The zero-order valence-electron chi connectivity index (χ0n) is 15.5. The number of ether oxygens (including phenoxy) is 1. The maximum Gasteiger partial charge on any atom is 0.203 e. The number of halogens is 1. The first-order chi connectivity index (χ1) is 14.3. The minimum atomic E-state index is -0.320. The zero-order valence-corrected chi connectivity index (χ0v) is 16.3. The number of rotatable bonds is 7. The smallest absolute Gasteiger partial charge is 0.203 e. The van der Waals surface area contributed by atoms with Crippen LogP contribution in [0.25, 0.3) is 11.3 Å². The van der Waals surface area contributed by atoms with Crippen LogP contribution in [-0.2, 0) is 6.61 Å². The monoisotopic (exact) mass is 403 g/mol. The van der Waals surface area contributed by atoms with E-state index >= 15 is 0 Å². The molecule has 0 atom stereocenters. The molecule has 0 saturated heterocycles. The number of hydrazone groups is 1. The maximum atomic E-state index is 13.3. The highest BCUT2D eigenvalue weighted by atomic mass is 32.1. The Labute approximate surface area is 172 Å². The van der Waals surface area contributed by atoms with Gasteiger partial charge in [0.2, 0.25) is 5.13 Å². The molecule has 4 aromatic rings. The van der Waals surface area contributed by atoms with Crippen LogP contribution in [0.4, 0.5) is 9.52 Å². The third-order valence-electron chi connectivity index (χ3n) is 4.18. The van der Waals surface area contributed by atoms with Gasteiger partial charge in [-0.3, -0.25) is 5.43 Å². The number of benzene rings is 3. The van der Waals surface area contributed by atoms with Crippen molar-refractivity contribution in [3.8, 4) is 17.0 Å². The van der Waals surface area contributed by atoms with Gasteiger partial charge >= 0.3 is 0 Å². The van der Waals surface area contributed by atoms with Gasteiger partial charge in [-0.25, -0.2) is 9.37 Å². The predicted octanol–water partition coefficient (Wildman–Crippen LogP) is 5.97. The Balaban J connectivity index is 1.41. The summed E-state index contributed by atoms with van der Waals surface area (Å²) in [5.74, 6) is 0.172. The molecular formula is C23H18FN3OS. The van der Waals surface area contributed by atoms with Crippen molar-refractivity contribution in [3.63, 3.8) is 0 Å². The van der Waals surface area contributed by atoms with Crippen LogP contribution in [0.5, 0.6) is 5.75 Å². The van der Waals surface area contributed by atoms with E-state index in [0.29, 0.717) is 17.5 Å². The molecule has 0 aliphatic carbocycles. The van der Waals surface area contributed by atoms with Crippen molar-refractivity contribution in [3.05, 3.63) is 101 Å². The third-order valence-corrected chi connectivity index (χ3v) is 4.93. The molecule has 0 fully saturated rings. The maximum absolute atomic E-state index is 13.3. The molecule has 0 spiro atoms. The van der Waals surface area contributed by atoms with Crippen LogP contribution in [0.1, 0.15) is 11.1 Å². The quantitative estimate of drug-likeness (QED) is 0.305. The van der Waals surface area contributed by atoms with E-state index in [1.165, 1.54) is 23.5 Å². The average molecular weight is 403 g/mol. The summed E-state index contributed by atoms with van der Waals surface area (Å²) in [4.78, 5) is 4.55. The highest BCUT2D eigenvalue weighted by molar-refractivity contribution is 7.14. The van der Waals surface area contributed by atoms with E-state index in [0.717, 1.165) is 22.4 Å². The lowest BCUT2D eigenvalue weighted by Gasteiger charge is -2.08. The molecule has 0 bridgehead atoms. The molecule has 3 aromatic carbocycles. The van der Waals surface area contributed by atoms with Crippen molar-refractivity contribution < 1.29 is 9.13 Å². The summed E-state index contributed by atoms with van der Waals surface area (Å²) in [7, 11) is 0. The van der Waals surface area contributed by atoms with E-state index in [1.54, 1.807) is 18.3 Å². The van der Waals surface area contributed by atoms with Crippen molar-refractivity contribution in [2.75, 3.05) is 5.43 Å². The Morgan fingerprint density at radius 3 is 2.69 bits per heavy atom. The molecule has 4 nitrogen and oxygen atoms in total. The zero-order chi connectivity index (χ0) is 19.9. The summed E-state index contributed by atoms with van der Waals surface area (Å²) in [6.45, 7) is 0.320. The Morgan fingerprint density at radius 1 is 1.00 bits per heavy atom.